The van der Waals surface area contributed by atoms with Gasteiger partial charge in [0.1, 0.15) is 0 Å². The van der Waals surface area contributed by atoms with Gasteiger partial charge in [-0.3, -0.25) is 0 Å². The maximum atomic E-state index is 12.8. The summed E-state index contributed by atoms with van der Waals surface area (Å²) in [4.78, 5) is 16.9. The minimum Gasteiger partial charge on any atom is -0.383 e. The predicted molar refractivity (Wildman–Crippen MR) is 82.0 cm³/mol. The number of carbonyl (C=O) groups is 1. The lowest BCUT2D eigenvalue weighted by Gasteiger charge is -2.40. The number of nitrogens with one attached hydrogen (secondary N) is 1. The van der Waals surface area contributed by atoms with Crippen LogP contribution in [-0.2, 0) is 9.47 Å². The van der Waals surface area contributed by atoms with Crippen LogP contribution in [0.25, 0.3) is 0 Å². The fourth-order valence-corrected chi connectivity index (χ4v) is 3.75. The monoisotopic (exact) mass is 319 g/mol. The van der Waals surface area contributed by atoms with Gasteiger partial charge in [-0.05, 0) is 32.4 Å². The first-order chi connectivity index (χ1) is 9.77. The zero-order valence-corrected chi connectivity index (χ0v) is 13.5. The van der Waals surface area contributed by atoms with Gasteiger partial charge in [0.25, 0.3) is 0 Å². The van der Waals surface area contributed by atoms with Crippen LogP contribution in [0.1, 0.15) is 19.3 Å². The molecule has 2 amide bonds. The third-order valence-electron chi connectivity index (χ3n) is 4.79. The molecule has 1 atom stereocenters. The summed E-state index contributed by atoms with van der Waals surface area (Å²) in [6.07, 6.45) is 3.06. The maximum absolute atomic E-state index is 12.8. The van der Waals surface area contributed by atoms with E-state index in [2.05, 4.69) is 10.2 Å². The van der Waals surface area contributed by atoms with Crippen molar-refractivity contribution in [1.29, 1.82) is 0 Å². The number of nitrogens with zero attached hydrogens (tertiary/aromatic N) is 2. The first kappa shape index (κ1) is 16.8. The Morgan fingerprint density at radius 3 is 2.81 bits per heavy atom. The molecular formula is C14H26ClN3O3. The molecule has 122 valence electrons. The number of piperidine rings is 1. The molecule has 3 aliphatic rings. The molecule has 0 saturated carbocycles. The zero-order chi connectivity index (χ0) is 14.0. The predicted octanol–water partition coefficient (Wildman–Crippen LogP) is 0.703. The third kappa shape index (κ3) is 3.13. The molecule has 21 heavy (non-hydrogen) atoms. The van der Waals surface area contributed by atoms with Gasteiger partial charge >= 0.3 is 6.03 Å². The number of hydrogen-bond donors (Lipinski definition) is 1. The molecule has 3 heterocycles. The van der Waals surface area contributed by atoms with Crippen molar-refractivity contribution in [1.82, 2.24) is 15.1 Å². The van der Waals surface area contributed by atoms with Gasteiger partial charge in [-0.2, -0.15) is 0 Å². The molecule has 0 aliphatic carbocycles. The van der Waals surface area contributed by atoms with E-state index in [0.29, 0.717) is 25.8 Å². The average Bonchev–Trinajstić information content (AvgIpc) is 3.04. The molecule has 0 aromatic carbocycles. The number of methoxy groups -OCH3 is 1. The Hall–Kier alpha value is -0.560. The summed E-state index contributed by atoms with van der Waals surface area (Å²) in [5, 5.41) is 3.37. The topological polar surface area (TPSA) is 54.0 Å². The molecule has 1 spiro atoms. The summed E-state index contributed by atoms with van der Waals surface area (Å²) in [6.45, 7) is 5.53. The van der Waals surface area contributed by atoms with E-state index in [-0.39, 0.29) is 24.0 Å². The molecule has 0 aromatic heterocycles. The van der Waals surface area contributed by atoms with Crippen LogP contribution in [0.3, 0.4) is 0 Å². The Bertz CT molecular complexity index is 357. The van der Waals surface area contributed by atoms with E-state index in [1.807, 2.05) is 4.90 Å². The number of halogens is 1. The second kappa shape index (κ2) is 7.13. The molecule has 1 unspecified atom stereocenters. The molecule has 0 bridgehead atoms. The van der Waals surface area contributed by atoms with Gasteiger partial charge in [0.15, 0.2) is 0 Å². The SMILES string of the molecule is COCCN1CC2(CCOC2)N(C2CCNCC2)C1=O.Cl. The smallest absolute Gasteiger partial charge is 0.321 e. The highest BCUT2D eigenvalue weighted by molar-refractivity contribution is 5.85. The van der Waals surface area contributed by atoms with Gasteiger partial charge in [0.05, 0.1) is 18.8 Å². The van der Waals surface area contributed by atoms with Crippen molar-refractivity contribution in [2.45, 2.75) is 30.8 Å². The molecule has 3 aliphatic heterocycles. The highest BCUT2D eigenvalue weighted by Gasteiger charge is 2.53. The fraction of sp³-hybridized carbons (Fsp3) is 0.929. The van der Waals surface area contributed by atoms with Crippen LogP contribution >= 0.6 is 12.4 Å². The number of ether oxygens (including phenoxy) is 2. The van der Waals surface area contributed by atoms with Crippen molar-refractivity contribution in [2.24, 2.45) is 0 Å². The van der Waals surface area contributed by atoms with Gasteiger partial charge in [0, 0.05) is 32.8 Å². The van der Waals surface area contributed by atoms with Gasteiger partial charge in [0.2, 0.25) is 0 Å². The normalized spacial score (nSPS) is 30.2. The standard InChI is InChI=1S/C14H25N3O3.ClH/c1-19-9-7-16-10-14(4-8-20-11-14)17(13(16)18)12-2-5-15-6-3-12;/h12,15H,2-11H2,1H3;1H. The van der Waals surface area contributed by atoms with Crippen molar-refractivity contribution in [3.63, 3.8) is 0 Å². The summed E-state index contributed by atoms with van der Waals surface area (Å²) in [7, 11) is 1.68. The first-order valence-electron chi connectivity index (χ1n) is 7.62. The Morgan fingerprint density at radius 1 is 1.43 bits per heavy atom. The van der Waals surface area contributed by atoms with E-state index in [1.165, 1.54) is 0 Å². The minimum atomic E-state index is -0.0904. The van der Waals surface area contributed by atoms with Crippen molar-refractivity contribution in [3.05, 3.63) is 0 Å². The summed E-state index contributed by atoms with van der Waals surface area (Å²) >= 11 is 0. The molecular weight excluding hydrogens is 294 g/mol. The lowest BCUT2D eigenvalue weighted by Crippen LogP contribution is -2.55. The van der Waals surface area contributed by atoms with Crippen molar-refractivity contribution < 1.29 is 14.3 Å². The molecule has 3 fully saturated rings. The molecule has 0 radical (unpaired) electrons. The van der Waals surface area contributed by atoms with Crippen LogP contribution in [0.15, 0.2) is 0 Å². The van der Waals surface area contributed by atoms with Crippen LogP contribution in [0.2, 0.25) is 0 Å². The van der Waals surface area contributed by atoms with Crippen molar-refractivity contribution in [2.75, 3.05) is 53.1 Å². The first-order valence-corrected chi connectivity index (χ1v) is 7.62. The molecule has 1 N–H and O–H groups in total. The maximum Gasteiger partial charge on any atom is 0.321 e. The Morgan fingerprint density at radius 2 is 2.19 bits per heavy atom. The van der Waals surface area contributed by atoms with E-state index in [4.69, 9.17) is 9.47 Å². The summed E-state index contributed by atoms with van der Waals surface area (Å²) in [5.74, 6) is 0. The second-order valence-corrected chi connectivity index (χ2v) is 6.08. The van der Waals surface area contributed by atoms with Crippen LogP contribution in [0, 0.1) is 0 Å². The van der Waals surface area contributed by atoms with Crippen molar-refractivity contribution in [3.8, 4) is 0 Å². The molecule has 3 rings (SSSR count). The summed E-state index contributed by atoms with van der Waals surface area (Å²) in [6, 6.07) is 0.539. The van der Waals surface area contributed by atoms with Crippen LogP contribution in [-0.4, -0.2) is 80.5 Å². The highest BCUT2D eigenvalue weighted by Crippen LogP contribution is 2.37. The van der Waals surface area contributed by atoms with E-state index < -0.39 is 0 Å². The number of carbonyl (C=O) groups excluding carboxylic acids is 1. The van der Waals surface area contributed by atoms with Gasteiger partial charge in [-0.25, -0.2) is 4.79 Å². The Balaban J connectivity index is 0.00000161. The van der Waals surface area contributed by atoms with Crippen molar-refractivity contribution >= 4 is 18.4 Å². The quantitative estimate of drug-likeness (QED) is 0.829. The van der Waals surface area contributed by atoms with Crippen LogP contribution in [0.5, 0.6) is 0 Å². The summed E-state index contributed by atoms with van der Waals surface area (Å²) in [5.41, 5.74) is -0.0904. The fourth-order valence-electron chi connectivity index (χ4n) is 3.75. The lowest BCUT2D eigenvalue weighted by atomic mass is 9.93. The minimum absolute atomic E-state index is 0. The van der Waals surface area contributed by atoms with E-state index >= 15 is 0 Å². The molecule has 3 saturated heterocycles. The van der Waals surface area contributed by atoms with E-state index in [9.17, 15) is 4.79 Å². The number of rotatable bonds is 4. The molecule has 0 aromatic rings. The van der Waals surface area contributed by atoms with E-state index in [1.54, 1.807) is 7.11 Å². The number of urea groups is 1. The molecule has 6 nitrogen and oxygen atoms in total. The Labute approximate surface area is 132 Å². The second-order valence-electron chi connectivity index (χ2n) is 6.08. The third-order valence-corrected chi connectivity index (χ3v) is 4.79. The van der Waals surface area contributed by atoms with Gasteiger partial charge < -0.3 is 24.6 Å². The largest absolute Gasteiger partial charge is 0.383 e. The average molecular weight is 320 g/mol. The molecule has 7 heteroatoms. The summed E-state index contributed by atoms with van der Waals surface area (Å²) < 4.78 is 10.8. The van der Waals surface area contributed by atoms with E-state index in [0.717, 1.165) is 45.5 Å². The Kier molecular flexibility index (Phi) is 5.71. The van der Waals surface area contributed by atoms with Crippen LogP contribution < -0.4 is 5.32 Å². The highest BCUT2D eigenvalue weighted by atomic mass is 35.5. The van der Waals surface area contributed by atoms with Gasteiger partial charge in [-0.15, -0.1) is 12.4 Å². The number of hydrogen-bond acceptors (Lipinski definition) is 4. The number of amides is 2. The zero-order valence-electron chi connectivity index (χ0n) is 12.7. The van der Waals surface area contributed by atoms with Gasteiger partial charge in [-0.1, -0.05) is 0 Å². The lowest BCUT2D eigenvalue weighted by molar-refractivity contribution is 0.0807. The van der Waals surface area contributed by atoms with Crippen LogP contribution in [0.4, 0.5) is 4.79 Å².